The summed E-state index contributed by atoms with van der Waals surface area (Å²) in [6, 6.07) is 6.27. The Morgan fingerprint density at radius 2 is 2.17 bits per heavy atom. The summed E-state index contributed by atoms with van der Waals surface area (Å²) >= 11 is 0. The van der Waals surface area contributed by atoms with Gasteiger partial charge in [-0.3, -0.25) is 9.89 Å². The summed E-state index contributed by atoms with van der Waals surface area (Å²) in [7, 11) is 0. The van der Waals surface area contributed by atoms with Gasteiger partial charge in [0.05, 0.1) is 6.54 Å². The fourth-order valence-corrected chi connectivity index (χ4v) is 2.96. The molecule has 128 valence electrons. The molecule has 0 saturated carbocycles. The summed E-state index contributed by atoms with van der Waals surface area (Å²) in [5, 5.41) is 13.6. The molecule has 1 saturated heterocycles. The molecule has 0 aromatic heterocycles. The Balaban J connectivity index is 1.87. The van der Waals surface area contributed by atoms with Gasteiger partial charge in [0.2, 0.25) is 0 Å². The summed E-state index contributed by atoms with van der Waals surface area (Å²) in [5.41, 5.74) is 5.33. The van der Waals surface area contributed by atoms with Crippen LogP contribution in [0.1, 0.15) is 32.3 Å². The maximum atomic E-state index is 13.0. The van der Waals surface area contributed by atoms with E-state index in [0.29, 0.717) is 17.6 Å². The Morgan fingerprint density at radius 1 is 1.48 bits per heavy atom. The third kappa shape index (κ3) is 4.91. The van der Waals surface area contributed by atoms with Crippen molar-refractivity contribution >= 4 is 5.96 Å². The third-order valence-electron chi connectivity index (χ3n) is 4.45. The van der Waals surface area contributed by atoms with Crippen LogP contribution in [0.2, 0.25) is 0 Å². The van der Waals surface area contributed by atoms with Gasteiger partial charge in [-0.15, -0.1) is 0 Å². The van der Waals surface area contributed by atoms with Crippen LogP contribution < -0.4 is 11.1 Å². The maximum absolute atomic E-state index is 13.0. The van der Waals surface area contributed by atoms with Gasteiger partial charge in [0.1, 0.15) is 11.4 Å². The van der Waals surface area contributed by atoms with Crippen molar-refractivity contribution in [2.75, 3.05) is 26.2 Å². The second-order valence-corrected chi connectivity index (χ2v) is 6.29. The predicted octanol–water partition coefficient (Wildman–Crippen LogP) is 1.42. The van der Waals surface area contributed by atoms with Crippen LogP contribution in [0.15, 0.2) is 29.3 Å². The van der Waals surface area contributed by atoms with E-state index in [9.17, 15) is 9.50 Å². The molecule has 1 aliphatic heterocycles. The number of likely N-dealkylation sites (N-methyl/N-ethyl adjacent to an activating group) is 1. The Labute approximate surface area is 137 Å². The molecule has 2 rings (SSSR count). The molecule has 2 unspecified atom stereocenters. The minimum absolute atomic E-state index is 0.125. The second kappa shape index (κ2) is 7.75. The van der Waals surface area contributed by atoms with Gasteiger partial charge < -0.3 is 16.2 Å². The molecule has 1 aromatic carbocycles. The number of rotatable bonds is 6. The van der Waals surface area contributed by atoms with Crippen LogP contribution >= 0.6 is 0 Å². The zero-order valence-corrected chi connectivity index (χ0v) is 13.9. The zero-order chi connectivity index (χ0) is 16.9. The molecule has 0 bridgehead atoms. The van der Waals surface area contributed by atoms with Gasteiger partial charge in [-0.2, -0.15) is 0 Å². The molecule has 0 spiro atoms. The van der Waals surface area contributed by atoms with E-state index in [2.05, 4.69) is 22.1 Å². The van der Waals surface area contributed by atoms with Crippen LogP contribution in [-0.2, 0) is 5.60 Å². The van der Waals surface area contributed by atoms with Gasteiger partial charge >= 0.3 is 0 Å². The molecule has 1 aromatic rings. The highest BCUT2D eigenvalue weighted by atomic mass is 19.1. The van der Waals surface area contributed by atoms with Crippen molar-refractivity contribution in [1.29, 1.82) is 0 Å². The monoisotopic (exact) mass is 322 g/mol. The van der Waals surface area contributed by atoms with E-state index in [-0.39, 0.29) is 12.4 Å². The van der Waals surface area contributed by atoms with Crippen LogP contribution in [0, 0.1) is 5.82 Å². The Bertz CT molecular complexity index is 530. The van der Waals surface area contributed by atoms with E-state index in [1.165, 1.54) is 25.0 Å². The molecule has 1 aliphatic rings. The molecule has 23 heavy (non-hydrogen) atoms. The van der Waals surface area contributed by atoms with Gasteiger partial charge in [0, 0.05) is 12.6 Å². The summed E-state index contributed by atoms with van der Waals surface area (Å²) in [5.74, 6) is 0.00149. The molecule has 4 N–H and O–H groups in total. The number of hydrogen-bond acceptors (Lipinski definition) is 3. The van der Waals surface area contributed by atoms with Crippen molar-refractivity contribution in [2.45, 2.75) is 38.3 Å². The SMILES string of the molecule is CCN1CCCC1CNC(N)=NCC(C)(O)c1ccc(F)cc1. The van der Waals surface area contributed by atoms with E-state index < -0.39 is 5.60 Å². The molecule has 1 fully saturated rings. The summed E-state index contributed by atoms with van der Waals surface area (Å²) in [4.78, 5) is 6.65. The summed E-state index contributed by atoms with van der Waals surface area (Å²) in [6.07, 6.45) is 2.39. The number of nitrogens with two attached hydrogens (primary N) is 1. The molecule has 5 nitrogen and oxygen atoms in total. The second-order valence-electron chi connectivity index (χ2n) is 6.29. The van der Waals surface area contributed by atoms with E-state index in [1.807, 2.05) is 0 Å². The van der Waals surface area contributed by atoms with E-state index in [4.69, 9.17) is 5.73 Å². The van der Waals surface area contributed by atoms with Crippen molar-refractivity contribution in [2.24, 2.45) is 10.7 Å². The molecular formula is C17H27FN4O. The van der Waals surface area contributed by atoms with Crippen LogP contribution in [0.3, 0.4) is 0 Å². The number of hydrogen-bond donors (Lipinski definition) is 3. The van der Waals surface area contributed by atoms with Crippen LogP contribution in [0.5, 0.6) is 0 Å². The molecule has 0 radical (unpaired) electrons. The lowest BCUT2D eigenvalue weighted by molar-refractivity contribution is 0.0672. The minimum Gasteiger partial charge on any atom is -0.384 e. The predicted molar refractivity (Wildman–Crippen MR) is 90.7 cm³/mol. The number of nitrogens with zero attached hydrogens (tertiary/aromatic N) is 2. The Morgan fingerprint density at radius 3 is 2.83 bits per heavy atom. The molecule has 6 heteroatoms. The highest BCUT2D eigenvalue weighted by molar-refractivity contribution is 5.77. The first-order valence-electron chi connectivity index (χ1n) is 8.18. The first-order valence-corrected chi connectivity index (χ1v) is 8.18. The van der Waals surface area contributed by atoms with E-state index in [0.717, 1.165) is 19.6 Å². The number of benzene rings is 1. The average molecular weight is 322 g/mol. The van der Waals surface area contributed by atoms with Crippen molar-refractivity contribution < 1.29 is 9.50 Å². The zero-order valence-electron chi connectivity index (χ0n) is 13.9. The van der Waals surface area contributed by atoms with Crippen LogP contribution in [0.4, 0.5) is 4.39 Å². The topological polar surface area (TPSA) is 73.9 Å². The van der Waals surface area contributed by atoms with E-state index >= 15 is 0 Å². The molecule has 0 amide bonds. The largest absolute Gasteiger partial charge is 0.384 e. The normalized spacial score (nSPS) is 22.1. The Hall–Kier alpha value is -1.66. The molecule has 1 heterocycles. The van der Waals surface area contributed by atoms with Crippen molar-refractivity contribution in [3.05, 3.63) is 35.6 Å². The number of aliphatic hydroxyl groups is 1. The van der Waals surface area contributed by atoms with Gasteiger partial charge in [0.15, 0.2) is 5.96 Å². The highest BCUT2D eigenvalue weighted by Crippen LogP contribution is 2.21. The van der Waals surface area contributed by atoms with Gasteiger partial charge in [-0.1, -0.05) is 19.1 Å². The number of aliphatic imine (C=N–C) groups is 1. The van der Waals surface area contributed by atoms with Crippen LogP contribution in [0.25, 0.3) is 0 Å². The number of likely N-dealkylation sites (tertiary alicyclic amines) is 1. The van der Waals surface area contributed by atoms with Crippen molar-refractivity contribution in [1.82, 2.24) is 10.2 Å². The maximum Gasteiger partial charge on any atom is 0.188 e. The Kier molecular flexibility index (Phi) is 5.96. The average Bonchev–Trinajstić information content (AvgIpc) is 2.99. The van der Waals surface area contributed by atoms with Crippen molar-refractivity contribution in [3.63, 3.8) is 0 Å². The molecular weight excluding hydrogens is 295 g/mol. The van der Waals surface area contributed by atoms with Gasteiger partial charge in [-0.05, 0) is 50.6 Å². The van der Waals surface area contributed by atoms with Gasteiger partial charge in [0.25, 0.3) is 0 Å². The lowest BCUT2D eigenvalue weighted by Crippen LogP contribution is -2.43. The smallest absolute Gasteiger partial charge is 0.188 e. The summed E-state index contributed by atoms with van der Waals surface area (Å²) in [6.45, 7) is 6.88. The summed E-state index contributed by atoms with van der Waals surface area (Å²) < 4.78 is 13.0. The lowest BCUT2D eigenvalue weighted by atomic mass is 9.96. The highest BCUT2D eigenvalue weighted by Gasteiger charge is 2.24. The van der Waals surface area contributed by atoms with Crippen molar-refractivity contribution in [3.8, 4) is 0 Å². The lowest BCUT2D eigenvalue weighted by Gasteiger charge is -2.24. The number of nitrogens with one attached hydrogen (secondary N) is 1. The number of halogens is 1. The molecule has 0 aliphatic carbocycles. The molecule has 2 atom stereocenters. The fourth-order valence-electron chi connectivity index (χ4n) is 2.96. The van der Waals surface area contributed by atoms with Gasteiger partial charge in [-0.25, -0.2) is 4.39 Å². The first-order chi connectivity index (χ1) is 10.9. The minimum atomic E-state index is -1.18. The van der Waals surface area contributed by atoms with E-state index in [1.54, 1.807) is 19.1 Å². The number of guanidine groups is 1. The standard InChI is InChI=1S/C17H27FN4O/c1-3-22-10-4-5-15(22)11-20-16(19)21-12-17(2,23)13-6-8-14(18)9-7-13/h6-9,15,23H,3-5,10-12H2,1-2H3,(H3,19,20,21). The first kappa shape index (κ1) is 17.7. The third-order valence-corrected chi connectivity index (χ3v) is 4.45. The van der Waals surface area contributed by atoms with Crippen LogP contribution in [-0.4, -0.2) is 48.2 Å². The fraction of sp³-hybridized carbons (Fsp3) is 0.588. The quantitative estimate of drug-likeness (QED) is 0.547.